The quantitative estimate of drug-likeness (QED) is 0.179. The van der Waals surface area contributed by atoms with Gasteiger partial charge in [0, 0.05) is 38.4 Å². The molecule has 0 saturated carbocycles. The topological polar surface area (TPSA) is 64.5 Å². The first kappa shape index (κ1) is 27.7. The Bertz CT molecular complexity index is 2800. The lowest BCUT2D eigenvalue weighted by Crippen LogP contribution is -1.98. The van der Waals surface area contributed by atoms with Crippen molar-refractivity contribution in [3.8, 4) is 45.2 Å². The van der Waals surface area contributed by atoms with Crippen molar-refractivity contribution >= 4 is 66.0 Å². The molecule has 7 aromatic carbocycles. The summed E-state index contributed by atoms with van der Waals surface area (Å²) in [5, 5.41) is 7.79. The average Bonchev–Trinajstić information content (AvgIpc) is 3.67. The van der Waals surface area contributed by atoms with Crippen molar-refractivity contribution in [2.75, 3.05) is 0 Å². The molecule has 0 aliphatic heterocycles. The van der Waals surface area contributed by atoms with Crippen molar-refractivity contribution in [2.45, 2.75) is 0 Å². The van der Waals surface area contributed by atoms with Crippen LogP contribution in [-0.4, -0.2) is 23.7 Å². The predicted molar refractivity (Wildman–Crippen MR) is 203 cm³/mol. The molecule has 0 saturated heterocycles. The zero-order valence-electron chi connectivity index (χ0n) is 26.1. The van der Waals surface area contributed by atoms with E-state index >= 15 is 0 Å². The largest absolute Gasteiger partial charge is 0.247 e. The highest BCUT2D eigenvalue weighted by molar-refractivity contribution is 7.00. The third kappa shape index (κ3) is 4.65. The highest BCUT2D eigenvalue weighted by atomic mass is 32.1. The fraction of sp³-hybridized carbons (Fsp3) is 0. The van der Waals surface area contributed by atoms with Crippen molar-refractivity contribution < 1.29 is 0 Å². The normalized spacial score (nSPS) is 11.7. The van der Waals surface area contributed by atoms with Crippen LogP contribution in [0.1, 0.15) is 0 Å². The summed E-state index contributed by atoms with van der Waals surface area (Å²) in [4.78, 5) is 15.7. The van der Waals surface area contributed by atoms with Crippen molar-refractivity contribution in [2.24, 2.45) is 0 Å². The van der Waals surface area contributed by atoms with Gasteiger partial charge in [-0.05, 0) is 51.9 Å². The van der Waals surface area contributed by atoms with Gasteiger partial charge in [-0.2, -0.15) is 8.75 Å². The maximum atomic E-state index is 5.28. The maximum Gasteiger partial charge on any atom is 0.160 e. The summed E-state index contributed by atoms with van der Waals surface area (Å²) < 4.78 is 9.80. The molecule has 0 N–H and O–H groups in total. The number of benzene rings is 7. The van der Waals surface area contributed by atoms with Gasteiger partial charge in [-0.15, -0.1) is 0 Å². The van der Waals surface area contributed by atoms with E-state index in [2.05, 4.69) is 140 Å². The molecule has 0 bridgehead atoms. The standard InChI is InChI=1S/C43H25N5S/c1-2-12-28(13-3-1)40-35-24-34(41-42(48-49-47-41)39(35)33-16-8-9-17-36(33)44-40)38-25-37(31-20-18-26-10-4-6-14-29(26)22-31)45-43(46-38)32-21-19-27-11-5-7-15-30(27)23-32/h1-25H. The Hall–Kier alpha value is -6.37. The van der Waals surface area contributed by atoms with Crippen LogP contribution in [0.4, 0.5) is 0 Å². The molecular weight excluding hydrogens is 619 g/mol. The van der Waals surface area contributed by atoms with Crippen LogP contribution in [0.25, 0.3) is 99.4 Å². The van der Waals surface area contributed by atoms with Gasteiger partial charge in [-0.25, -0.2) is 15.0 Å². The Morgan fingerprint density at radius 2 is 1.04 bits per heavy atom. The molecule has 3 aromatic heterocycles. The molecule has 0 unspecified atom stereocenters. The molecule has 228 valence electrons. The zero-order chi connectivity index (χ0) is 32.3. The monoisotopic (exact) mass is 643 g/mol. The number of pyridine rings is 1. The van der Waals surface area contributed by atoms with E-state index < -0.39 is 0 Å². The van der Waals surface area contributed by atoms with Gasteiger partial charge in [0.25, 0.3) is 0 Å². The second-order valence-corrected chi connectivity index (χ2v) is 12.8. The number of nitrogens with zero attached hydrogens (tertiary/aromatic N) is 5. The summed E-state index contributed by atoms with van der Waals surface area (Å²) in [7, 11) is 0. The number of hydrogen-bond donors (Lipinski definition) is 0. The van der Waals surface area contributed by atoms with Gasteiger partial charge in [0.05, 0.1) is 34.3 Å². The van der Waals surface area contributed by atoms with Crippen LogP contribution < -0.4 is 0 Å². The number of fused-ring (bicyclic) bond motifs is 7. The molecule has 10 rings (SSSR count). The summed E-state index contributed by atoms with van der Waals surface area (Å²) in [6.45, 7) is 0. The Labute approximate surface area is 285 Å². The van der Waals surface area contributed by atoms with Gasteiger partial charge in [-0.1, -0.05) is 121 Å². The van der Waals surface area contributed by atoms with Crippen molar-refractivity contribution in [1.29, 1.82) is 0 Å². The van der Waals surface area contributed by atoms with Crippen LogP contribution in [0.5, 0.6) is 0 Å². The second kappa shape index (κ2) is 11.1. The molecular formula is C43H25N5S. The number of para-hydroxylation sites is 1. The highest BCUT2D eigenvalue weighted by Gasteiger charge is 2.21. The van der Waals surface area contributed by atoms with Gasteiger partial charge < -0.3 is 0 Å². The van der Waals surface area contributed by atoms with E-state index in [0.717, 1.165) is 82.8 Å². The van der Waals surface area contributed by atoms with Crippen molar-refractivity contribution in [3.63, 3.8) is 0 Å². The molecule has 6 heteroatoms. The number of rotatable bonds is 4. The Morgan fingerprint density at radius 3 is 1.84 bits per heavy atom. The first-order chi connectivity index (χ1) is 24.3. The smallest absolute Gasteiger partial charge is 0.160 e. The van der Waals surface area contributed by atoms with E-state index in [1.165, 1.54) is 22.5 Å². The fourth-order valence-electron chi connectivity index (χ4n) is 6.91. The lowest BCUT2D eigenvalue weighted by atomic mass is 9.95. The maximum absolute atomic E-state index is 5.28. The lowest BCUT2D eigenvalue weighted by molar-refractivity contribution is 1.19. The minimum atomic E-state index is 0.655. The molecule has 0 aliphatic rings. The van der Waals surface area contributed by atoms with Crippen LogP contribution >= 0.6 is 11.7 Å². The summed E-state index contributed by atoms with van der Waals surface area (Å²) in [6.07, 6.45) is 0. The lowest BCUT2D eigenvalue weighted by Gasteiger charge is -2.14. The van der Waals surface area contributed by atoms with Crippen LogP contribution in [0.2, 0.25) is 0 Å². The Kier molecular flexibility index (Phi) is 6.29. The van der Waals surface area contributed by atoms with Crippen molar-refractivity contribution in [3.05, 3.63) is 152 Å². The van der Waals surface area contributed by atoms with Crippen LogP contribution in [0.3, 0.4) is 0 Å². The third-order valence-corrected chi connectivity index (χ3v) is 9.83. The molecule has 10 aromatic rings. The van der Waals surface area contributed by atoms with E-state index in [9.17, 15) is 0 Å². The minimum absolute atomic E-state index is 0.655. The summed E-state index contributed by atoms with van der Waals surface area (Å²) in [5.41, 5.74) is 9.05. The number of aromatic nitrogens is 5. The molecule has 0 aliphatic carbocycles. The Balaban J connectivity index is 1.28. The van der Waals surface area contributed by atoms with Crippen LogP contribution in [0, 0.1) is 0 Å². The number of hydrogen-bond acceptors (Lipinski definition) is 6. The highest BCUT2D eigenvalue weighted by Crippen LogP contribution is 2.41. The molecule has 3 heterocycles. The Morgan fingerprint density at radius 1 is 0.408 bits per heavy atom. The van der Waals surface area contributed by atoms with Crippen LogP contribution in [-0.2, 0) is 0 Å². The molecule has 0 spiro atoms. The van der Waals surface area contributed by atoms with Crippen LogP contribution in [0.15, 0.2) is 152 Å². The van der Waals surface area contributed by atoms with E-state index in [1.54, 1.807) is 0 Å². The van der Waals surface area contributed by atoms with Gasteiger partial charge >= 0.3 is 0 Å². The first-order valence-corrected chi connectivity index (χ1v) is 16.9. The SMILES string of the molecule is c1ccc(-c2nc3ccccc3c3c2cc(-c2cc(-c4ccc5ccccc5c4)nc(-c4ccc5ccccc5c4)n2)c2nsnc23)cc1. The molecule has 0 amide bonds. The molecule has 49 heavy (non-hydrogen) atoms. The molecule has 5 nitrogen and oxygen atoms in total. The average molecular weight is 644 g/mol. The van der Waals surface area contributed by atoms with Gasteiger partial charge in [0.1, 0.15) is 11.0 Å². The van der Waals surface area contributed by atoms with Gasteiger partial charge in [0.2, 0.25) is 0 Å². The second-order valence-electron chi connectivity index (χ2n) is 12.2. The van der Waals surface area contributed by atoms with E-state index in [4.69, 9.17) is 23.7 Å². The van der Waals surface area contributed by atoms with Gasteiger partial charge in [-0.3, -0.25) is 0 Å². The third-order valence-electron chi connectivity index (χ3n) is 9.30. The van der Waals surface area contributed by atoms with E-state index in [-0.39, 0.29) is 0 Å². The van der Waals surface area contributed by atoms with Gasteiger partial charge in [0.15, 0.2) is 5.82 Å². The predicted octanol–water partition coefficient (Wildman–Crippen LogP) is 11.2. The fourth-order valence-corrected chi connectivity index (χ4v) is 7.48. The minimum Gasteiger partial charge on any atom is -0.247 e. The van der Waals surface area contributed by atoms with E-state index in [0.29, 0.717) is 5.82 Å². The first-order valence-electron chi connectivity index (χ1n) is 16.2. The molecule has 0 atom stereocenters. The van der Waals surface area contributed by atoms with E-state index in [1.807, 2.05) is 12.1 Å². The molecule has 0 radical (unpaired) electrons. The summed E-state index contributed by atoms with van der Waals surface area (Å²) in [5.74, 6) is 0.655. The zero-order valence-corrected chi connectivity index (χ0v) is 26.9. The summed E-state index contributed by atoms with van der Waals surface area (Å²) in [6, 6.07) is 52.6. The summed E-state index contributed by atoms with van der Waals surface area (Å²) >= 11 is 1.23. The molecule has 0 fully saturated rings. The van der Waals surface area contributed by atoms with Crippen molar-refractivity contribution in [1.82, 2.24) is 23.7 Å².